The highest BCUT2D eigenvalue weighted by atomic mass is 16.5. The van der Waals surface area contributed by atoms with Gasteiger partial charge in [-0.15, -0.1) is 0 Å². The van der Waals surface area contributed by atoms with Crippen LogP contribution in [0.2, 0.25) is 0 Å². The van der Waals surface area contributed by atoms with Crippen LogP contribution in [-0.4, -0.2) is 38.2 Å². The van der Waals surface area contributed by atoms with Crippen molar-refractivity contribution in [1.82, 2.24) is 4.90 Å². The molecule has 0 saturated heterocycles. The third kappa shape index (κ3) is 3.98. The van der Waals surface area contributed by atoms with E-state index < -0.39 is 0 Å². The average molecular weight is 290 g/mol. The molecule has 0 aromatic heterocycles. The standard InChI is InChI=1S/C18H30N2O/c1-15(13-16-7-4-5-8-17(16)21-3)20(2)12-11-18(14-19)9-6-10-18/h4-5,7-8,15H,6,9-14,19H2,1-3H3. The fourth-order valence-electron chi connectivity index (χ4n) is 3.21. The first-order valence-corrected chi connectivity index (χ1v) is 8.12. The summed E-state index contributed by atoms with van der Waals surface area (Å²) >= 11 is 0. The Bertz CT molecular complexity index is 437. The maximum absolute atomic E-state index is 5.96. The van der Waals surface area contributed by atoms with Gasteiger partial charge in [-0.2, -0.15) is 0 Å². The molecule has 1 aliphatic carbocycles. The molecule has 1 aromatic rings. The van der Waals surface area contributed by atoms with E-state index in [9.17, 15) is 0 Å². The molecule has 1 saturated carbocycles. The van der Waals surface area contributed by atoms with E-state index in [2.05, 4.69) is 31.0 Å². The molecule has 118 valence electrons. The molecule has 0 bridgehead atoms. The normalized spacial score (nSPS) is 18.3. The second-order valence-corrected chi connectivity index (χ2v) is 6.65. The molecular formula is C18H30N2O. The van der Waals surface area contributed by atoms with Crippen molar-refractivity contribution in [2.75, 3.05) is 27.2 Å². The van der Waals surface area contributed by atoms with Crippen LogP contribution in [0.3, 0.4) is 0 Å². The molecule has 0 aliphatic heterocycles. The third-order valence-corrected chi connectivity index (χ3v) is 5.30. The van der Waals surface area contributed by atoms with E-state index in [1.165, 1.54) is 31.2 Å². The van der Waals surface area contributed by atoms with Gasteiger partial charge in [0.25, 0.3) is 0 Å². The fourth-order valence-corrected chi connectivity index (χ4v) is 3.21. The van der Waals surface area contributed by atoms with Gasteiger partial charge in [-0.3, -0.25) is 0 Å². The van der Waals surface area contributed by atoms with E-state index in [1.54, 1.807) is 7.11 Å². The molecule has 1 unspecified atom stereocenters. The van der Waals surface area contributed by atoms with Crippen molar-refractivity contribution in [2.24, 2.45) is 11.1 Å². The number of ether oxygens (including phenoxy) is 1. The van der Waals surface area contributed by atoms with Crippen LogP contribution in [0, 0.1) is 5.41 Å². The van der Waals surface area contributed by atoms with Crippen LogP contribution in [0.4, 0.5) is 0 Å². The number of nitrogens with two attached hydrogens (primary N) is 1. The average Bonchev–Trinajstić information content (AvgIpc) is 2.46. The van der Waals surface area contributed by atoms with Gasteiger partial charge in [0.1, 0.15) is 5.75 Å². The molecule has 1 aliphatic rings. The van der Waals surface area contributed by atoms with Gasteiger partial charge in [-0.1, -0.05) is 24.6 Å². The minimum Gasteiger partial charge on any atom is -0.496 e. The lowest BCUT2D eigenvalue weighted by Crippen LogP contribution is -2.41. The molecule has 0 spiro atoms. The van der Waals surface area contributed by atoms with Crippen molar-refractivity contribution in [3.05, 3.63) is 29.8 Å². The highest BCUT2D eigenvalue weighted by molar-refractivity contribution is 5.33. The van der Waals surface area contributed by atoms with Crippen molar-refractivity contribution in [2.45, 2.75) is 45.1 Å². The molecule has 3 heteroatoms. The monoisotopic (exact) mass is 290 g/mol. The highest BCUT2D eigenvalue weighted by Gasteiger charge is 2.35. The minimum atomic E-state index is 0.443. The van der Waals surface area contributed by atoms with E-state index in [0.29, 0.717) is 11.5 Å². The van der Waals surface area contributed by atoms with Gasteiger partial charge in [-0.25, -0.2) is 0 Å². The van der Waals surface area contributed by atoms with Gasteiger partial charge < -0.3 is 15.4 Å². The predicted molar refractivity (Wildman–Crippen MR) is 88.7 cm³/mol. The summed E-state index contributed by atoms with van der Waals surface area (Å²) in [4.78, 5) is 2.46. The van der Waals surface area contributed by atoms with Gasteiger partial charge in [0.05, 0.1) is 7.11 Å². The number of likely N-dealkylation sites (N-methyl/N-ethyl adjacent to an activating group) is 1. The molecule has 21 heavy (non-hydrogen) atoms. The van der Waals surface area contributed by atoms with Crippen molar-refractivity contribution < 1.29 is 4.74 Å². The number of nitrogens with zero attached hydrogens (tertiary/aromatic N) is 1. The second kappa shape index (κ2) is 7.28. The molecule has 0 amide bonds. The molecule has 1 aromatic carbocycles. The van der Waals surface area contributed by atoms with Crippen molar-refractivity contribution in [3.63, 3.8) is 0 Å². The predicted octanol–water partition coefficient (Wildman–Crippen LogP) is 3.08. The lowest BCUT2D eigenvalue weighted by atomic mass is 9.66. The Morgan fingerprint density at radius 1 is 1.33 bits per heavy atom. The smallest absolute Gasteiger partial charge is 0.122 e. The first kappa shape index (κ1) is 16.3. The van der Waals surface area contributed by atoms with E-state index >= 15 is 0 Å². The van der Waals surface area contributed by atoms with E-state index in [4.69, 9.17) is 10.5 Å². The molecule has 0 radical (unpaired) electrons. The zero-order valence-electron chi connectivity index (χ0n) is 13.8. The van der Waals surface area contributed by atoms with Crippen molar-refractivity contribution >= 4 is 0 Å². The van der Waals surface area contributed by atoms with Crippen molar-refractivity contribution in [1.29, 1.82) is 0 Å². The fraction of sp³-hybridized carbons (Fsp3) is 0.667. The Hall–Kier alpha value is -1.06. The van der Waals surface area contributed by atoms with Crippen molar-refractivity contribution in [3.8, 4) is 5.75 Å². The Morgan fingerprint density at radius 2 is 2.05 bits per heavy atom. The molecule has 2 rings (SSSR count). The number of hydrogen-bond donors (Lipinski definition) is 1. The van der Waals surface area contributed by atoms with Gasteiger partial charge in [0.2, 0.25) is 0 Å². The van der Waals surface area contributed by atoms with Gasteiger partial charge >= 0.3 is 0 Å². The number of methoxy groups -OCH3 is 1. The minimum absolute atomic E-state index is 0.443. The molecule has 0 heterocycles. The molecule has 1 fully saturated rings. The zero-order chi connectivity index (χ0) is 15.3. The molecule has 2 N–H and O–H groups in total. The van der Waals surface area contributed by atoms with Gasteiger partial charge in [0, 0.05) is 6.04 Å². The Labute approximate surface area is 129 Å². The lowest BCUT2D eigenvalue weighted by molar-refractivity contribution is 0.103. The summed E-state index contributed by atoms with van der Waals surface area (Å²) in [6, 6.07) is 8.83. The number of para-hydroxylation sites is 1. The Kier molecular flexibility index (Phi) is 5.65. The summed E-state index contributed by atoms with van der Waals surface area (Å²) in [5.74, 6) is 0.996. The van der Waals surface area contributed by atoms with E-state index in [1.807, 2.05) is 12.1 Å². The van der Waals surface area contributed by atoms with Crippen LogP contribution < -0.4 is 10.5 Å². The van der Waals surface area contributed by atoms with E-state index in [0.717, 1.165) is 25.3 Å². The van der Waals surface area contributed by atoms with Gasteiger partial charge in [-0.05, 0) is 69.8 Å². The largest absolute Gasteiger partial charge is 0.496 e. The summed E-state index contributed by atoms with van der Waals surface area (Å²) < 4.78 is 5.45. The van der Waals surface area contributed by atoms with Crippen LogP contribution >= 0.6 is 0 Å². The number of rotatable bonds is 8. The van der Waals surface area contributed by atoms with E-state index in [-0.39, 0.29) is 0 Å². The highest BCUT2D eigenvalue weighted by Crippen LogP contribution is 2.43. The SMILES string of the molecule is COc1ccccc1CC(C)N(C)CCC1(CN)CCC1. The zero-order valence-corrected chi connectivity index (χ0v) is 13.8. The first-order chi connectivity index (χ1) is 10.1. The molecule has 3 nitrogen and oxygen atoms in total. The molecular weight excluding hydrogens is 260 g/mol. The number of hydrogen-bond acceptors (Lipinski definition) is 3. The Balaban J connectivity index is 1.86. The van der Waals surface area contributed by atoms with Crippen LogP contribution in [0.15, 0.2) is 24.3 Å². The van der Waals surface area contributed by atoms with Crippen LogP contribution in [0.1, 0.15) is 38.2 Å². The summed E-state index contributed by atoms with van der Waals surface area (Å²) in [5.41, 5.74) is 7.69. The maximum atomic E-state index is 5.96. The summed E-state index contributed by atoms with van der Waals surface area (Å²) in [6.45, 7) is 4.28. The van der Waals surface area contributed by atoms with Crippen LogP contribution in [-0.2, 0) is 6.42 Å². The summed E-state index contributed by atoms with van der Waals surface area (Å²) in [7, 11) is 3.97. The quantitative estimate of drug-likeness (QED) is 0.799. The first-order valence-electron chi connectivity index (χ1n) is 8.12. The molecule has 1 atom stereocenters. The Morgan fingerprint density at radius 3 is 2.62 bits per heavy atom. The van der Waals surface area contributed by atoms with Crippen LogP contribution in [0.25, 0.3) is 0 Å². The number of benzene rings is 1. The lowest BCUT2D eigenvalue weighted by Gasteiger charge is -2.42. The van der Waals surface area contributed by atoms with Crippen LogP contribution in [0.5, 0.6) is 5.75 Å². The summed E-state index contributed by atoms with van der Waals surface area (Å²) in [5, 5.41) is 0. The third-order valence-electron chi connectivity index (χ3n) is 5.30. The maximum Gasteiger partial charge on any atom is 0.122 e. The van der Waals surface area contributed by atoms with Gasteiger partial charge in [0.15, 0.2) is 0 Å². The second-order valence-electron chi connectivity index (χ2n) is 6.65. The summed E-state index contributed by atoms with van der Waals surface area (Å²) in [6.07, 6.45) is 6.25. The topological polar surface area (TPSA) is 38.5 Å².